The summed E-state index contributed by atoms with van der Waals surface area (Å²) in [5, 5.41) is 19.4. The van der Waals surface area contributed by atoms with Gasteiger partial charge < -0.3 is 21.3 Å². The first-order valence-electron chi connectivity index (χ1n) is 4.20. The van der Waals surface area contributed by atoms with Crippen LogP contribution in [0.5, 0.6) is 0 Å². The van der Waals surface area contributed by atoms with Crippen molar-refractivity contribution in [3.63, 3.8) is 0 Å². The maximum Gasteiger partial charge on any atom is 0.328 e. The number of aliphatic hydroxyl groups excluding tert-OH is 1. The molecule has 0 bridgehead atoms. The third kappa shape index (κ3) is 3.31. The van der Waals surface area contributed by atoms with Crippen molar-refractivity contribution in [2.24, 2.45) is 11.1 Å². The number of hydrogen-bond donors (Lipinski definition) is 4. The molecule has 0 aliphatic heterocycles. The topological polar surface area (TPSA) is 113 Å². The fraction of sp³-hybridized carbons (Fsp3) is 0.750. The molecule has 0 rings (SSSR count). The summed E-state index contributed by atoms with van der Waals surface area (Å²) < 4.78 is 0. The molecular formula is C8H16N2O4. The third-order valence-electron chi connectivity index (χ3n) is 1.91. The van der Waals surface area contributed by atoms with Crippen LogP contribution in [0, 0.1) is 5.41 Å². The lowest BCUT2D eigenvalue weighted by atomic mass is 9.92. The van der Waals surface area contributed by atoms with Crippen LogP contribution in [-0.2, 0) is 9.59 Å². The highest BCUT2D eigenvalue weighted by molar-refractivity contribution is 5.87. The summed E-state index contributed by atoms with van der Waals surface area (Å²) in [6.45, 7) is 2.66. The predicted octanol–water partition coefficient (Wildman–Crippen LogP) is -1.47. The molecule has 6 heteroatoms. The molecule has 82 valence electrons. The Labute approximate surface area is 82.1 Å². The average molecular weight is 204 g/mol. The molecule has 1 amide bonds. The molecule has 6 nitrogen and oxygen atoms in total. The number of carbonyl (C=O) groups is 2. The van der Waals surface area contributed by atoms with Crippen LogP contribution in [0.1, 0.15) is 13.8 Å². The summed E-state index contributed by atoms with van der Waals surface area (Å²) in [4.78, 5) is 21.9. The molecule has 0 aromatic heterocycles. The first-order chi connectivity index (χ1) is 6.35. The first kappa shape index (κ1) is 12.9. The zero-order valence-corrected chi connectivity index (χ0v) is 8.28. The van der Waals surface area contributed by atoms with Gasteiger partial charge in [-0.2, -0.15) is 0 Å². The first-order valence-corrected chi connectivity index (χ1v) is 4.20. The molecule has 0 aromatic rings. The molecular weight excluding hydrogens is 188 g/mol. The molecule has 5 N–H and O–H groups in total. The van der Waals surface area contributed by atoms with Crippen molar-refractivity contribution in [3.8, 4) is 0 Å². The van der Waals surface area contributed by atoms with E-state index in [-0.39, 0.29) is 6.54 Å². The van der Waals surface area contributed by atoms with Gasteiger partial charge in [-0.3, -0.25) is 4.79 Å². The molecule has 0 saturated carbocycles. The predicted molar refractivity (Wildman–Crippen MR) is 49.5 cm³/mol. The summed E-state index contributed by atoms with van der Waals surface area (Å²) in [6.07, 6.45) is 0. The number of carbonyl (C=O) groups excluding carboxylic acids is 1. The van der Waals surface area contributed by atoms with Gasteiger partial charge in [-0.25, -0.2) is 4.79 Å². The van der Waals surface area contributed by atoms with Gasteiger partial charge in [-0.1, -0.05) is 0 Å². The summed E-state index contributed by atoms with van der Waals surface area (Å²) in [5.41, 5.74) is 4.50. The van der Waals surface area contributed by atoms with E-state index >= 15 is 0 Å². The van der Waals surface area contributed by atoms with Gasteiger partial charge in [0.15, 0.2) is 0 Å². The van der Waals surface area contributed by atoms with Gasteiger partial charge >= 0.3 is 5.97 Å². The van der Waals surface area contributed by atoms with Gasteiger partial charge in [-0.15, -0.1) is 0 Å². The number of rotatable bonds is 5. The minimum absolute atomic E-state index is 0.108. The lowest BCUT2D eigenvalue weighted by molar-refractivity contribution is -0.144. The Morgan fingerprint density at radius 2 is 2.00 bits per heavy atom. The van der Waals surface area contributed by atoms with E-state index in [2.05, 4.69) is 5.32 Å². The fourth-order valence-corrected chi connectivity index (χ4v) is 0.632. The zero-order valence-electron chi connectivity index (χ0n) is 8.28. The monoisotopic (exact) mass is 204 g/mol. The maximum atomic E-state index is 11.4. The summed E-state index contributed by atoms with van der Waals surface area (Å²) >= 11 is 0. The van der Waals surface area contributed by atoms with Crippen molar-refractivity contribution in [2.45, 2.75) is 19.9 Å². The lowest BCUT2D eigenvalue weighted by Gasteiger charge is -2.23. The zero-order chi connectivity index (χ0) is 11.4. The molecule has 0 aromatic carbocycles. The standard InChI is InChI=1S/C8H16N2O4/c1-8(2,4-9)7(14)10-5(3-11)6(12)13/h5,11H,3-4,9H2,1-2H3,(H,10,14)(H,12,13)/t5-/m1/s1. The highest BCUT2D eigenvalue weighted by atomic mass is 16.4. The van der Waals surface area contributed by atoms with E-state index in [1.54, 1.807) is 13.8 Å². The second kappa shape index (κ2) is 4.92. The van der Waals surface area contributed by atoms with Gasteiger partial charge in [0.2, 0.25) is 5.91 Å². The van der Waals surface area contributed by atoms with E-state index in [1.807, 2.05) is 0 Å². The summed E-state index contributed by atoms with van der Waals surface area (Å²) in [5.74, 6) is -1.75. The number of aliphatic hydroxyl groups is 1. The van der Waals surface area contributed by atoms with Gasteiger partial charge in [0.05, 0.1) is 12.0 Å². The van der Waals surface area contributed by atoms with Crippen molar-refractivity contribution < 1.29 is 19.8 Å². The van der Waals surface area contributed by atoms with E-state index in [9.17, 15) is 9.59 Å². The smallest absolute Gasteiger partial charge is 0.328 e. The Kier molecular flexibility index (Phi) is 4.52. The summed E-state index contributed by atoms with van der Waals surface area (Å²) in [7, 11) is 0. The molecule has 14 heavy (non-hydrogen) atoms. The second-order valence-corrected chi connectivity index (χ2v) is 3.63. The maximum absolute atomic E-state index is 11.4. The molecule has 0 aliphatic carbocycles. The molecule has 0 heterocycles. The van der Waals surface area contributed by atoms with Gasteiger partial charge in [0.25, 0.3) is 0 Å². The minimum Gasteiger partial charge on any atom is -0.480 e. The normalized spacial score (nSPS) is 13.4. The largest absolute Gasteiger partial charge is 0.480 e. The number of carboxylic acids is 1. The molecule has 1 atom stereocenters. The highest BCUT2D eigenvalue weighted by Gasteiger charge is 2.29. The van der Waals surface area contributed by atoms with Gasteiger partial charge in [0.1, 0.15) is 6.04 Å². The van der Waals surface area contributed by atoms with Crippen molar-refractivity contribution in [3.05, 3.63) is 0 Å². The lowest BCUT2D eigenvalue weighted by Crippen LogP contribution is -2.50. The highest BCUT2D eigenvalue weighted by Crippen LogP contribution is 2.12. The molecule has 0 fully saturated rings. The summed E-state index contributed by atoms with van der Waals surface area (Å²) in [6, 6.07) is -1.27. The van der Waals surface area contributed by atoms with Crippen molar-refractivity contribution in [1.82, 2.24) is 5.32 Å². The van der Waals surface area contributed by atoms with E-state index in [0.29, 0.717) is 0 Å². The van der Waals surface area contributed by atoms with E-state index < -0.39 is 29.9 Å². The van der Waals surface area contributed by atoms with E-state index in [0.717, 1.165) is 0 Å². The number of hydrogen-bond acceptors (Lipinski definition) is 4. The van der Waals surface area contributed by atoms with E-state index in [1.165, 1.54) is 0 Å². The Hall–Kier alpha value is -1.14. The van der Waals surface area contributed by atoms with Crippen LogP contribution in [0.15, 0.2) is 0 Å². The molecule has 0 unspecified atom stereocenters. The van der Waals surface area contributed by atoms with Crippen LogP contribution in [0.2, 0.25) is 0 Å². The second-order valence-electron chi connectivity index (χ2n) is 3.63. The van der Waals surface area contributed by atoms with Crippen LogP contribution in [0.4, 0.5) is 0 Å². The Morgan fingerprint density at radius 1 is 1.50 bits per heavy atom. The minimum atomic E-state index is -1.27. The number of amides is 1. The van der Waals surface area contributed by atoms with E-state index in [4.69, 9.17) is 15.9 Å². The van der Waals surface area contributed by atoms with Gasteiger partial charge in [-0.05, 0) is 13.8 Å². The third-order valence-corrected chi connectivity index (χ3v) is 1.91. The number of nitrogens with one attached hydrogen (secondary N) is 1. The van der Waals surface area contributed by atoms with Crippen molar-refractivity contribution >= 4 is 11.9 Å². The van der Waals surface area contributed by atoms with Crippen LogP contribution < -0.4 is 11.1 Å². The van der Waals surface area contributed by atoms with Crippen LogP contribution in [-0.4, -0.2) is 41.3 Å². The van der Waals surface area contributed by atoms with Gasteiger partial charge in [0, 0.05) is 6.54 Å². The van der Waals surface area contributed by atoms with Crippen LogP contribution >= 0.6 is 0 Å². The molecule has 0 aliphatic rings. The number of carboxylic acid groups (broad SMARTS) is 1. The molecule has 0 spiro atoms. The average Bonchev–Trinajstić information content (AvgIpc) is 2.12. The Bertz CT molecular complexity index is 227. The number of aliphatic carboxylic acids is 1. The fourth-order valence-electron chi connectivity index (χ4n) is 0.632. The van der Waals surface area contributed by atoms with Crippen LogP contribution in [0.3, 0.4) is 0 Å². The Balaban J connectivity index is 4.37. The SMILES string of the molecule is CC(C)(CN)C(=O)N[C@H](CO)C(=O)O. The quantitative estimate of drug-likeness (QED) is 0.437. The number of nitrogens with two attached hydrogens (primary N) is 1. The van der Waals surface area contributed by atoms with Crippen LogP contribution in [0.25, 0.3) is 0 Å². The van der Waals surface area contributed by atoms with Crippen molar-refractivity contribution in [2.75, 3.05) is 13.2 Å². The Morgan fingerprint density at radius 3 is 2.29 bits per heavy atom. The molecule has 0 radical (unpaired) electrons. The van der Waals surface area contributed by atoms with Crippen molar-refractivity contribution in [1.29, 1.82) is 0 Å². The molecule has 0 saturated heterocycles.